The molecule has 0 heterocycles. The highest BCUT2D eigenvalue weighted by atomic mass is 16.5. The van der Waals surface area contributed by atoms with Gasteiger partial charge in [-0.2, -0.15) is 0 Å². The molecule has 0 aliphatic rings. The van der Waals surface area contributed by atoms with Gasteiger partial charge < -0.3 is 9.84 Å². The lowest BCUT2D eigenvalue weighted by Gasteiger charge is -2.16. The fourth-order valence-electron chi connectivity index (χ4n) is 2.26. The first-order chi connectivity index (χ1) is 8.95. The van der Waals surface area contributed by atoms with E-state index >= 15 is 0 Å². The van der Waals surface area contributed by atoms with Crippen molar-refractivity contribution in [3.63, 3.8) is 0 Å². The largest absolute Gasteiger partial charge is 0.481 e. The summed E-state index contributed by atoms with van der Waals surface area (Å²) in [6, 6.07) is 0. The lowest BCUT2D eigenvalue weighted by atomic mass is 9.93. The molecule has 0 saturated carbocycles. The third kappa shape index (κ3) is 12.0. The Hall–Kier alpha value is -0.830. The Morgan fingerprint density at radius 3 is 2.26 bits per heavy atom. The highest BCUT2D eigenvalue weighted by Crippen LogP contribution is 2.18. The van der Waals surface area contributed by atoms with Crippen molar-refractivity contribution in [2.45, 2.75) is 52.9 Å². The molecule has 3 heteroatoms. The van der Waals surface area contributed by atoms with Gasteiger partial charge in [0, 0.05) is 19.6 Å². The molecule has 0 spiro atoms. The van der Waals surface area contributed by atoms with E-state index in [-0.39, 0.29) is 12.3 Å². The normalized spacial score (nSPS) is 15.7. The Bertz CT molecular complexity index is 250. The summed E-state index contributed by atoms with van der Waals surface area (Å²) in [6.45, 7) is 11.7. The summed E-state index contributed by atoms with van der Waals surface area (Å²) in [6.07, 6.45) is 6.42. The van der Waals surface area contributed by atoms with Crippen molar-refractivity contribution in [1.29, 1.82) is 0 Å². The van der Waals surface area contributed by atoms with Crippen molar-refractivity contribution in [3.05, 3.63) is 12.7 Å². The molecule has 0 aliphatic heterocycles. The fraction of sp³-hybridized carbons (Fsp3) is 0.812. The molecule has 0 unspecified atom stereocenters. The van der Waals surface area contributed by atoms with E-state index in [4.69, 9.17) is 9.84 Å². The summed E-state index contributed by atoms with van der Waals surface area (Å²) >= 11 is 0. The molecule has 3 atom stereocenters. The first kappa shape index (κ1) is 18.2. The molecule has 19 heavy (non-hydrogen) atoms. The molecule has 3 nitrogen and oxygen atoms in total. The summed E-state index contributed by atoms with van der Waals surface area (Å²) in [4.78, 5) is 10.5. The lowest BCUT2D eigenvalue weighted by Crippen LogP contribution is -2.10. The van der Waals surface area contributed by atoms with Crippen molar-refractivity contribution in [2.75, 3.05) is 13.2 Å². The first-order valence-corrected chi connectivity index (χ1v) is 7.36. The van der Waals surface area contributed by atoms with Gasteiger partial charge >= 0.3 is 5.97 Å². The minimum atomic E-state index is -0.725. The van der Waals surface area contributed by atoms with Crippen LogP contribution in [-0.2, 0) is 9.53 Å². The van der Waals surface area contributed by atoms with Crippen LogP contribution in [-0.4, -0.2) is 24.3 Å². The number of hydrogen-bond donors (Lipinski definition) is 1. The third-order valence-corrected chi connectivity index (χ3v) is 3.41. The molecule has 0 aliphatic carbocycles. The van der Waals surface area contributed by atoms with Gasteiger partial charge in [-0.1, -0.05) is 26.8 Å². The highest BCUT2D eigenvalue weighted by molar-refractivity contribution is 5.66. The predicted octanol–water partition coefficient (Wildman–Crippen LogP) is 4.13. The first-order valence-electron chi connectivity index (χ1n) is 7.36. The summed E-state index contributed by atoms with van der Waals surface area (Å²) in [7, 11) is 0. The molecule has 0 amide bonds. The zero-order chi connectivity index (χ0) is 14.7. The summed E-state index contributed by atoms with van der Waals surface area (Å²) < 4.78 is 5.58. The second-order valence-corrected chi connectivity index (χ2v) is 5.86. The molecule has 0 saturated heterocycles. The number of carbonyl (C=O) groups is 1. The molecule has 0 aromatic carbocycles. The van der Waals surface area contributed by atoms with Crippen LogP contribution in [0.25, 0.3) is 0 Å². The molecule has 0 bridgehead atoms. The van der Waals surface area contributed by atoms with Crippen molar-refractivity contribution >= 4 is 5.97 Å². The Labute approximate surface area is 118 Å². The minimum absolute atomic E-state index is 0.197. The highest BCUT2D eigenvalue weighted by Gasteiger charge is 2.09. The number of carboxylic acids is 1. The Balaban J connectivity index is 3.47. The van der Waals surface area contributed by atoms with E-state index in [1.54, 1.807) is 0 Å². The van der Waals surface area contributed by atoms with E-state index < -0.39 is 5.97 Å². The fourth-order valence-corrected chi connectivity index (χ4v) is 2.26. The van der Waals surface area contributed by atoms with Gasteiger partial charge in [0.25, 0.3) is 0 Å². The number of rotatable bonds is 12. The number of hydrogen-bond acceptors (Lipinski definition) is 2. The van der Waals surface area contributed by atoms with Gasteiger partial charge in [-0.15, -0.1) is 6.58 Å². The van der Waals surface area contributed by atoms with Crippen molar-refractivity contribution in [3.8, 4) is 0 Å². The second kappa shape index (κ2) is 11.0. The zero-order valence-electron chi connectivity index (χ0n) is 12.7. The summed E-state index contributed by atoms with van der Waals surface area (Å²) in [5.74, 6) is 0.842. The average Bonchev–Trinajstić information content (AvgIpc) is 2.27. The van der Waals surface area contributed by atoms with Crippen LogP contribution >= 0.6 is 0 Å². The van der Waals surface area contributed by atoms with Crippen LogP contribution in [0.5, 0.6) is 0 Å². The molecule has 0 radical (unpaired) electrons. The van der Waals surface area contributed by atoms with Crippen molar-refractivity contribution in [2.24, 2.45) is 17.8 Å². The van der Waals surface area contributed by atoms with E-state index in [1.165, 1.54) is 6.42 Å². The van der Waals surface area contributed by atoms with Crippen molar-refractivity contribution in [1.82, 2.24) is 0 Å². The van der Waals surface area contributed by atoms with Crippen LogP contribution in [0.15, 0.2) is 12.7 Å². The van der Waals surface area contributed by atoms with E-state index in [0.717, 1.165) is 25.9 Å². The van der Waals surface area contributed by atoms with Crippen LogP contribution in [0.2, 0.25) is 0 Å². The van der Waals surface area contributed by atoms with Gasteiger partial charge in [0.1, 0.15) is 0 Å². The van der Waals surface area contributed by atoms with Crippen LogP contribution in [0.1, 0.15) is 52.9 Å². The lowest BCUT2D eigenvalue weighted by molar-refractivity contribution is -0.138. The van der Waals surface area contributed by atoms with Crippen LogP contribution in [0.3, 0.4) is 0 Å². The Morgan fingerprint density at radius 1 is 1.16 bits per heavy atom. The van der Waals surface area contributed by atoms with Crippen LogP contribution in [0, 0.1) is 17.8 Å². The monoisotopic (exact) mass is 270 g/mol. The standard InChI is InChI=1S/C16H30O3/c1-5-6-13(2)11-14(3)7-9-19-10-8-15(4)12-16(17)18/h5,13-15H,1,6-12H2,2-4H3,(H,17,18)/t13-,14+,15+/m0/s1. The maximum atomic E-state index is 10.5. The van der Waals surface area contributed by atoms with Gasteiger partial charge in [0.2, 0.25) is 0 Å². The van der Waals surface area contributed by atoms with E-state index in [9.17, 15) is 4.79 Å². The molecule has 112 valence electrons. The molecule has 0 aromatic heterocycles. The molecule has 0 fully saturated rings. The summed E-state index contributed by atoms with van der Waals surface area (Å²) in [5, 5.41) is 8.64. The maximum Gasteiger partial charge on any atom is 0.303 e. The molecule has 1 N–H and O–H groups in total. The van der Waals surface area contributed by atoms with E-state index in [2.05, 4.69) is 20.4 Å². The van der Waals surface area contributed by atoms with E-state index in [0.29, 0.717) is 18.4 Å². The van der Waals surface area contributed by atoms with Gasteiger partial charge in [-0.3, -0.25) is 4.79 Å². The minimum Gasteiger partial charge on any atom is -0.481 e. The topological polar surface area (TPSA) is 46.5 Å². The van der Waals surface area contributed by atoms with Crippen LogP contribution in [0.4, 0.5) is 0 Å². The molecular weight excluding hydrogens is 240 g/mol. The number of allylic oxidation sites excluding steroid dienone is 1. The number of aliphatic carboxylic acids is 1. The van der Waals surface area contributed by atoms with Gasteiger partial charge in [-0.25, -0.2) is 0 Å². The van der Waals surface area contributed by atoms with Crippen LogP contribution < -0.4 is 0 Å². The number of ether oxygens (including phenoxy) is 1. The van der Waals surface area contributed by atoms with Gasteiger partial charge in [0.05, 0.1) is 0 Å². The smallest absolute Gasteiger partial charge is 0.303 e. The zero-order valence-corrected chi connectivity index (χ0v) is 12.7. The quantitative estimate of drug-likeness (QED) is 0.428. The molecular formula is C16H30O3. The third-order valence-electron chi connectivity index (χ3n) is 3.41. The predicted molar refractivity (Wildman–Crippen MR) is 79.2 cm³/mol. The Morgan fingerprint density at radius 2 is 1.74 bits per heavy atom. The van der Waals surface area contributed by atoms with Gasteiger partial charge in [0.15, 0.2) is 0 Å². The maximum absolute atomic E-state index is 10.5. The SMILES string of the molecule is C=CC[C@H](C)C[C@H](C)CCOCC[C@@H](C)CC(=O)O. The average molecular weight is 270 g/mol. The second-order valence-electron chi connectivity index (χ2n) is 5.86. The summed E-state index contributed by atoms with van der Waals surface area (Å²) in [5.41, 5.74) is 0. The molecule has 0 aromatic rings. The number of carboxylic acid groups (broad SMARTS) is 1. The molecule has 0 rings (SSSR count). The van der Waals surface area contributed by atoms with Gasteiger partial charge in [-0.05, 0) is 43.4 Å². The van der Waals surface area contributed by atoms with Crippen molar-refractivity contribution < 1.29 is 14.6 Å². The Kier molecular flexibility index (Phi) is 10.6. The van der Waals surface area contributed by atoms with E-state index in [1.807, 2.05) is 13.0 Å².